The number of hydrogen-bond acceptors (Lipinski definition) is 10. The Bertz CT molecular complexity index is 2050. The Balaban J connectivity index is 0.00000276. The second kappa shape index (κ2) is 17.3. The molecule has 2 fully saturated rings. The summed E-state index contributed by atoms with van der Waals surface area (Å²) in [6.07, 6.45) is 1.60. The van der Waals surface area contributed by atoms with Crippen LogP contribution < -0.4 is 9.62 Å². The number of fused-ring (bicyclic) bond motifs is 1. The molecule has 2 aromatic heterocycles. The summed E-state index contributed by atoms with van der Waals surface area (Å²) in [6, 6.07) is 11.2. The molecule has 2 saturated heterocycles. The van der Waals surface area contributed by atoms with Crippen LogP contribution in [0.25, 0.3) is 22.2 Å². The van der Waals surface area contributed by atoms with Crippen molar-refractivity contribution in [3.8, 4) is 11.1 Å². The molecule has 0 amide bonds. The number of esters is 1. The standard InChI is InChI=1S/C36H41F3N6O6S.CH4O/c1-36(2,3)51-31(46)22-50-17-16-43-12-14-44(15-13-43)26-6-4-23(5-7-26)24-18-27-28(20-41-35(27)40-19-24)34(47)32-29(38)8-9-30(33(32)39)42-52(48,49)45-11-10-25(37)21-45;1-2/h4-9,18-20,25,42H,10-17,21-22H2,1-3H3,(H,40,41);2H,1H3/t25-;/m1./s1. The van der Waals surface area contributed by atoms with E-state index in [1.54, 1.807) is 12.3 Å². The van der Waals surface area contributed by atoms with Gasteiger partial charge in [-0.2, -0.15) is 12.7 Å². The molecular formula is C37H45F3N6O7S. The molecule has 3 N–H and O–H groups in total. The van der Waals surface area contributed by atoms with Gasteiger partial charge in [0.2, 0.25) is 5.78 Å². The Hall–Kier alpha value is -4.55. The summed E-state index contributed by atoms with van der Waals surface area (Å²) in [7, 11) is -3.34. The monoisotopic (exact) mass is 774 g/mol. The highest BCUT2D eigenvalue weighted by Gasteiger charge is 2.33. The maximum absolute atomic E-state index is 15.6. The van der Waals surface area contributed by atoms with E-state index in [1.165, 1.54) is 6.20 Å². The van der Waals surface area contributed by atoms with Crippen LogP contribution in [-0.2, 0) is 24.5 Å². The Morgan fingerprint density at radius 1 is 1.02 bits per heavy atom. The molecule has 17 heteroatoms. The minimum absolute atomic E-state index is 0.00693. The largest absolute Gasteiger partial charge is 0.458 e. The molecule has 6 rings (SSSR count). The summed E-state index contributed by atoms with van der Waals surface area (Å²) < 4.78 is 83.3. The van der Waals surface area contributed by atoms with Crippen molar-refractivity contribution in [2.24, 2.45) is 0 Å². The number of alkyl halides is 1. The van der Waals surface area contributed by atoms with E-state index in [2.05, 4.69) is 19.8 Å². The van der Waals surface area contributed by atoms with E-state index >= 15 is 8.78 Å². The van der Waals surface area contributed by atoms with E-state index in [4.69, 9.17) is 14.6 Å². The fraction of sp³-hybridized carbons (Fsp3) is 0.432. The Labute approximate surface area is 312 Å². The van der Waals surface area contributed by atoms with Crippen LogP contribution in [0.2, 0.25) is 0 Å². The fourth-order valence-corrected chi connectivity index (χ4v) is 7.52. The van der Waals surface area contributed by atoms with Crippen LogP contribution >= 0.6 is 0 Å². The molecule has 0 saturated carbocycles. The second-order valence-corrected chi connectivity index (χ2v) is 15.5. The lowest BCUT2D eigenvalue weighted by Crippen LogP contribution is -2.47. The molecular weight excluding hydrogens is 730 g/mol. The lowest BCUT2D eigenvalue weighted by molar-refractivity contribution is -0.160. The first-order valence-electron chi connectivity index (χ1n) is 17.4. The van der Waals surface area contributed by atoms with Crippen LogP contribution in [0.1, 0.15) is 43.1 Å². The average molecular weight is 775 g/mol. The molecule has 2 aromatic carbocycles. The molecule has 292 valence electrons. The van der Waals surface area contributed by atoms with E-state index in [1.807, 2.05) is 49.8 Å². The van der Waals surface area contributed by atoms with Gasteiger partial charge in [0.1, 0.15) is 29.8 Å². The van der Waals surface area contributed by atoms with Gasteiger partial charge in [-0.15, -0.1) is 0 Å². The smallest absolute Gasteiger partial charge is 0.332 e. The number of nitrogens with one attached hydrogen (secondary N) is 2. The van der Waals surface area contributed by atoms with Crippen molar-refractivity contribution in [3.63, 3.8) is 0 Å². The number of rotatable bonds is 12. The van der Waals surface area contributed by atoms with Crippen molar-refractivity contribution in [2.45, 2.75) is 39.0 Å². The lowest BCUT2D eigenvalue weighted by atomic mass is 9.99. The van der Waals surface area contributed by atoms with E-state index in [9.17, 15) is 22.4 Å². The number of hydrogen-bond donors (Lipinski definition) is 3. The molecule has 0 unspecified atom stereocenters. The van der Waals surface area contributed by atoms with Crippen LogP contribution in [0, 0.1) is 11.6 Å². The topological polar surface area (TPSA) is 157 Å². The van der Waals surface area contributed by atoms with Crippen molar-refractivity contribution in [3.05, 3.63) is 77.6 Å². The third-order valence-corrected chi connectivity index (χ3v) is 10.4. The Kier molecular flexibility index (Phi) is 13.0. The molecule has 0 aliphatic carbocycles. The molecule has 4 aromatic rings. The predicted octanol–water partition coefficient (Wildman–Crippen LogP) is 4.53. The zero-order valence-electron chi connectivity index (χ0n) is 30.6. The minimum atomic E-state index is -4.34. The molecule has 54 heavy (non-hydrogen) atoms. The van der Waals surface area contributed by atoms with Gasteiger partial charge in [0.05, 0.1) is 17.9 Å². The van der Waals surface area contributed by atoms with Crippen LogP contribution in [0.5, 0.6) is 0 Å². The molecule has 0 spiro atoms. The van der Waals surface area contributed by atoms with Gasteiger partial charge in [-0.25, -0.2) is 22.9 Å². The number of nitrogens with zero attached hydrogens (tertiary/aromatic N) is 4. The van der Waals surface area contributed by atoms with Gasteiger partial charge in [0.15, 0.2) is 5.82 Å². The van der Waals surface area contributed by atoms with Crippen LogP contribution in [0.3, 0.4) is 0 Å². The van der Waals surface area contributed by atoms with Crippen LogP contribution in [0.15, 0.2) is 54.9 Å². The van der Waals surface area contributed by atoms with Gasteiger partial charge in [-0.05, 0) is 63.1 Å². The fourth-order valence-electron chi connectivity index (χ4n) is 6.25. The second-order valence-electron chi connectivity index (χ2n) is 13.8. The zero-order valence-corrected chi connectivity index (χ0v) is 31.4. The van der Waals surface area contributed by atoms with Gasteiger partial charge < -0.3 is 24.5 Å². The van der Waals surface area contributed by atoms with Gasteiger partial charge in [0.25, 0.3) is 0 Å². The normalized spacial score (nSPS) is 17.0. The maximum Gasteiger partial charge on any atom is 0.332 e. The van der Waals surface area contributed by atoms with Crippen molar-refractivity contribution < 1.29 is 45.8 Å². The first-order chi connectivity index (χ1) is 25.7. The Morgan fingerprint density at radius 3 is 2.37 bits per heavy atom. The van der Waals surface area contributed by atoms with E-state index < -0.39 is 50.7 Å². The van der Waals surface area contributed by atoms with Gasteiger partial charge in [0, 0.05) is 87.5 Å². The molecule has 2 aliphatic rings. The first kappa shape index (κ1) is 40.6. The summed E-state index contributed by atoms with van der Waals surface area (Å²) in [5.41, 5.74) is 0.679. The number of ketones is 1. The number of aromatic amines is 1. The number of benzene rings is 2. The summed E-state index contributed by atoms with van der Waals surface area (Å²) in [5, 5.41) is 7.33. The Morgan fingerprint density at radius 2 is 1.72 bits per heavy atom. The summed E-state index contributed by atoms with van der Waals surface area (Å²) >= 11 is 0. The lowest BCUT2D eigenvalue weighted by Gasteiger charge is -2.36. The molecule has 0 bridgehead atoms. The third-order valence-electron chi connectivity index (χ3n) is 8.90. The van der Waals surface area contributed by atoms with E-state index in [-0.39, 0.29) is 37.6 Å². The number of halogens is 3. The zero-order chi connectivity index (χ0) is 39.2. The first-order valence-corrected chi connectivity index (χ1v) is 18.9. The number of aliphatic hydroxyl groups is 1. The van der Waals surface area contributed by atoms with Crippen molar-refractivity contribution in [1.29, 1.82) is 0 Å². The minimum Gasteiger partial charge on any atom is -0.458 e. The van der Waals surface area contributed by atoms with Crippen LogP contribution in [0.4, 0.5) is 24.5 Å². The number of ether oxygens (including phenoxy) is 2. The molecule has 1 atom stereocenters. The van der Waals surface area contributed by atoms with Crippen molar-refractivity contribution in [2.75, 3.05) is 75.8 Å². The average Bonchev–Trinajstić information content (AvgIpc) is 3.78. The number of pyridine rings is 1. The third kappa shape index (κ3) is 9.75. The SMILES string of the molecule is CC(C)(C)OC(=O)COCCN1CCN(c2ccc(-c3cnc4[nH]cc(C(=O)c5c(F)ccc(NS(=O)(=O)N6CC[C@@H](F)C6)c5F)c4c3)cc2)CC1.CO. The van der Waals surface area contributed by atoms with Gasteiger partial charge in [-0.3, -0.25) is 14.4 Å². The number of carbonyl (C=O) groups excluding carboxylic acids is 2. The maximum atomic E-state index is 15.6. The number of aliphatic hydroxyl groups excluding tert-OH is 1. The summed E-state index contributed by atoms with van der Waals surface area (Å²) in [6.45, 7) is 9.30. The number of H-pyrrole nitrogens is 1. The highest BCUT2D eigenvalue weighted by molar-refractivity contribution is 7.90. The van der Waals surface area contributed by atoms with Crippen molar-refractivity contribution >= 4 is 44.4 Å². The van der Waals surface area contributed by atoms with E-state index in [0.717, 1.165) is 61.0 Å². The summed E-state index contributed by atoms with van der Waals surface area (Å²) in [4.78, 5) is 37.3. The highest BCUT2D eigenvalue weighted by atomic mass is 32.2. The number of carbonyl (C=O) groups is 2. The molecule has 4 heterocycles. The predicted molar refractivity (Wildman–Crippen MR) is 198 cm³/mol. The molecule has 13 nitrogen and oxygen atoms in total. The number of anilines is 2. The molecule has 2 aliphatic heterocycles. The van der Waals surface area contributed by atoms with Crippen LogP contribution in [-0.4, -0.2) is 122 Å². The van der Waals surface area contributed by atoms with Crippen molar-refractivity contribution in [1.82, 2.24) is 19.2 Å². The van der Waals surface area contributed by atoms with Gasteiger partial charge >= 0.3 is 16.2 Å². The number of aromatic nitrogens is 2. The number of piperazine rings is 1. The molecule has 0 radical (unpaired) electrons. The van der Waals surface area contributed by atoms with Gasteiger partial charge in [-0.1, -0.05) is 12.1 Å². The van der Waals surface area contributed by atoms with E-state index in [0.29, 0.717) is 29.7 Å². The summed E-state index contributed by atoms with van der Waals surface area (Å²) in [5.74, 6) is -3.94. The highest BCUT2D eigenvalue weighted by Crippen LogP contribution is 2.31. The quantitative estimate of drug-likeness (QED) is 0.106.